The average molecular weight is 212 g/mol. The van der Waals surface area contributed by atoms with Gasteiger partial charge in [-0.3, -0.25) is 0 Å². The van der Waals surface area contributed by atoms with E-state index in [1.165, 1.54) is 45.3 Å². The fraction of sp³-hybridized carbons (Fsp3) is 1.00. The van der Waals surface area contributed by atoms with Gasteiger partial charge in [0.2, 0.25) is 0 Å². The van der Waals surface area contributed by atoms with Crippen LogP contribution in [0.5, 0.6) is 0 Å². The van der Waals surface area contributed by atoms with Crippen LogP contribution in [0.25, 0.3) is 0 Å². The Hall–Kier alpha value is -0.120. The maximum atomic E-state index is 5.49. The van der Waals surface area contributed by atoms with Crippen molar-refractivity contribution in [2.45, 2.75) is 44.7 Å². The van der Waals surface area contributed by atoms with E-state index in [0.717, 1.165) is 19.3 Å². The van der Waals surface area contributed by atoms with Gasteiger partial charge in [-0.1, -0.05) is 6.92 Å². The van der Waals surface area contributed by atoms with Gasteiger partial charge in [-0.2, -0.15) is 0 Å². The Morgan fingerprint density at radius 2 is 2.00 bits per heavy atom. The van der Waals surface area contributed by atoms with E-state index in [4.69, 9.17) is 4.74 Å². The van der Waals surface area contributed by atoms with Crippen molar-refractivity contribution in [3.63, 3.8) is 0 Å². The predicted octanol–water partition coefficient (Wildman–Crippen LogP) is 1.24. The van der Waals surface area contributed by atoms with Crippen LogP contribution in [0.3, 0.4) is 0 Å². The van der Waals surface area contributed by atoms with Crippen LogP contribution in [0, 0.1) is 0 Å². The first-order valence-corrected chi connectivity index (χ1v) is 6.44. The average Bonchev–Trinajstić information content (AvgIpc) is 2.31. The van der Waals surface area contributed by atoms with Crippen LogP contribution >= 0.6 is 0 Å². The molecule has 2 aliphatic heterocycles. The molecule has 3 heteroatoms. The normalized spacial score (nSPS) is 30.6. The minimum atomic E-state index is 0.622. The fourth-order valence-electron chi connectivity index (χ4n) is 2.62. The zero-order valence-electron chi connectivity index (χ0n) is 9.87. The first kappa shape index (κ1) is 11.4. The molecule has 2 saturated heterocycles. The quantitative estimate of drug-likeness (QED) is 0.762. The van der Waals surface area contributed by atoms with E-state index in [2.05, 4.69) is 17.1 Å². The lowest BCUT2D eigenvalue weighted by Gasteiger charge is -2.35. The van der Waals surface area contributed by atoms with Crippen LogP contribution in [0.1, 0.15) is 32.6 Å². The zero-order chi connectivity index (χ0) is 10.5. The molecule has 0 amide bonds. The van der Waals surface area contributed by atoms with Crippen molar-refractivity contribution in [1.29, 1.82) is 0 Å². The maximum absolute atomic E-state index is 5.49. The number of nitrogens with zero attached hydrogens (tertiary/aromatic N) is 1. The van der Waals surface area contributed by atoms with E-state index in [-0.39, 0.29) is 0 Å². The number of likely N-dealkylation sites (tertiary alicyclic amines) is 1. The van der Waals surface area contributed by atoms with Gasteiger partial charge in [-0.25, -0.2) is 0 Å². The summed E-state index contributed by atoms with van der Waals surface area (Å²) in [5, 5.41) is 3.75. The molecule has 1 atom stereocenters. The number of hydrogen-bond donors (Lipinski definition) is 1. The lowest BCUT2D eigenvalue weighted by molar-refractivity contribution is 0.0615. The van der Waals surface area contributed by atoms with Crippen molar-refractivity contribution in [3.8, 4) is 0 Å². The van der Waals surface area contributed by atoms with Crippen molar-refractivity contribution < 1.29 is 4.74 Å². The van der Waals surface area contributed by atoms with Crippen LogP contribution in [-0.2, 0) is 4.74 Å². The lowest BCUT2D eigenvalue weighted by atomic mass is 10.0. The smallest absolute Gasteiger partial charge is 0.0619 e. The first-order valence-electron chi connectivity index (χ1n) is 6.44. The second-order valence-corrected chi connectivity index (χ2v) is 4.79. The number of rotatable bonds is 3. The Kier molecular flexibility index (Phi) is 4.42. The minimum absolute atomic E-state index is 0.622. The fourth-order valence-corrected chi connectivity index (χ4v) is 2.62. The number of piperidine rings is 1. The third kappa shape index (κ3) is 3.44. The number of hydrogen-bond acceptors (Lipinski definition) is 3. The van der Waals surface area contributed by atoms with Crippen molar-refractivity contribution in [1.82, 2.24) is 10.2 Å². The summed E-state index contributed by atoms with van der Waals surface area (Å²) in [6.45, 7) is 7.88. The molecule has 0 saturated carbocycles. The Labute approximate surface area is 93.2 Å². The highest BCUT2D eigenvalue weighted by Gasteiger charge is 2.22. The van der Waals surface area contributed by atoms with Crippen LogP contribution in [0.4, 0.5) is 0 Å². The predicted molar refractivity (Wildman–Crippen MR) is 62.1 cm³/mol. The molecule has 0 aromatic heterocycles. The molecule has 2 aliphatic rings. The van der Waals surface area contributed by atoms with E-state index in [9.17, 15) is 0 Å². The van der Waals surface area contributed by atoms with Gasteiger partial charge in [0.05, 0.1) is 6.61 Å². The monoisotopic (exact) mass is 212 g/mol. The van der Waals surface area contributed by atoms with Crippen molar-refractivity contribution in [2.75, 3.05) is 32.8 Å². The largest absolute Gasteiger partial charge is 0.380 e. The van der Waals surface area contributed by atoms with E-state index in [1.807, 2.05) is 0 Å². The molecule has 0 aromatic rings. The maximum Gasteiger partial charge on any atom is 0.0619 e. The summed E-state index contributed by atoms with van der Waals surface area (Å²) >= 11 is 0. The third-order valence-electron chi connectivity index (χ3n) is 3.67. The first-order chi connectivity index (χ1) is 7.38. The van der Waals surface area contributed by atoms with Crippen molar-refractivity contribution >= 4 is 0 Å². The molecule has 2 heterocycles. The summed E-state index contributed by atoms with van der Waals surface area (Å²) in [7, 11) is 0. The van der Waals surface area contributed by atoms with Crippen LogP contribution in [0.2, 0.25) is 0 Å². The second kappa shape index (κ2) is 5.83. The van der Waals surface area contributed by atoms with Crippen LogP contribution < -0.4 is 5.32 Å². The third-order valence-corrected chi connectivity index (χ3v) is 3.67. The van der Waals surface area contributed by atoms with Crippen LogP contribution in [-0.4, -0.2) is 49.8 Å². The Morgan fingerprint density at radius 1 is 1.20 bits per heavy atom. The SMILES string of the molecule is CCN1CCC(NC2CCCOC2)CC1. The molecule has 88 valence electrons. The second-order valence-electron chi connectivity index (χ2n) is 4.79. The molecule has 2 fully saturated rings. The molecule has 15 heavy (non-hydrogen) atoms. The van der Waals surface area contributed by atoms with Gasteiger partial charge < -0.3 is 15.0 Å². The van der Waals surface area contributed by atoms with Gasteiger partial charge in [0.25, 0.3) is 0 Å². The molecule has 2 rings (SSSR count). The van der Waals surface area contributed by atoms with Gasteiger partial charge in [0.1, 0.15) is 0 Å². The Morgan fingerprint density at radius 3 is 2.60 bits per heavy atom. The molecule has 1 N–H and O–H groups in total. The number of ether oxygens (including phenoxy) is 1. The van der Waals surface area contributed by atoms with E-state index >= 15 is 0 Å². The highest BCUT2D eigenvalue weighted by molar-refractivity contribution is 4.81. The zero-order valence-corrected chi connectivity index (χ0v) is 9.87. The molecular formula is C12H24N2O. The van der Waals surface area contributed by atoms with E-state index in [0.29, 0.717) is 6.04 Å². The van der Waals surface area contributed by atoms with Crippen LogP contribution in [0.15, 0.2) is 0 Å². The molecule has 0 spiro atoms. The van der Waals surface area contributed by atoms with Gasteiger partial charge in [0.15, 0.2) is 0 Å². The molecule has 1 unspecified atom stereocenters. The molecule has 0 radical (unpaired) electrons. The molecule has 0 bridgehead atoms. The van der Waals surface area contributed by atoms with Crippen molar-refractivity contribution in [3.05, 3.63) is 0 Å². The highest BCUT2D eigenvalue weighted by atomic mass is 16.5. The molecule has 0 aliphatic carbocycles. The minimum Gasteiger partial charge on any atom is -0.380 e. The summed E-state index contributed by atoms with van der Waals surface area (Å²) in [6, 6.07) is 1.36. The molecule has 0 aromatic carbocycles. The standard InChI is InChI=1S/C12H24N2O/c1-2-14-7-5-11(6-8-14)13-12-4-3-9-15-10-12/h11-13H,2-10H2,1H3. The molecule has 3 nitrogen and oxygen atoms in total. The summed E-state index contributed by atoms with van der Waals surface area (Å²) in [6.07, 6.45) is 5.15. The van der Waals surface area contributed by atoms with Crippen molar-refractivity contribution in [2.24, 2.45) is 0 Å². The van der Waals surface area contributed by atoms with Gasteiger partial charge in [0, 0.05) is 18.7 Å². The topological polar surface area (TPSA) is 24.5 Å². The lowest BCUT2D eigenvalue weighted by Crippen LogP contribution is -2.48. The molecular weight excluding hydrogens is 188 g/mol. The summed E-state index contributed by atoms with van der Waals surface area (Å²) in [5.41, 5.74) is 0. The Bertz CT molecular complexity index is 172. The highest BCUT2D eigenvalue weighted by Crippen LogP contribution is 2.13. The summed E-state index contributed by atoms with van der Waals surface area (Å²) in [4.78, 5) is 2.54. The Balaban J connectivity index is 1.67. The number of nitrogens with one attached hydrogen (secondary N) is 1. The van der Waals surface area contributed by atoms with Gasteiger partial charge >= 0.3 is 0 Å². The summed E-state index contributed by atoms with van der Waals surface area (Å²) in [5.74, 6) is 0. The summed E-state index contributed by atoms with van der Waals surface area (Å²) < 4.78 is 5.49. The van der Waals surface area contributed by atoms with Gasteiger partial charge in [-0.05, 0) is 45.3 Å². The van der Waals surface area contributed by atoms with E-state index < -0.39 is 0 Å². The van der Waals surface area contributed by atoms with E-state index in [1.54, 1.807) is 0 Å². The van der Waals surface area contributed by atoms with Gasteiger partial charge in [-0.15, -0.1) is 0 Å².